The van der Waals surface area contributed by atoms with E-state index in [0.717, 1.165) is 5.56 Å². The van der Waals surface area contributed by atoms with Crippen molar-refractivity contribution in [3.63, 3.8) is 0 Å². The number of hydrogen-bond acceptors (Lipinski definition) is 5. The Hall–Kier alpha value is -2.05. The maximum atomic E-state index is 12.1. The molecule has 0 aliphatic rings. The summed E-state index contributed by atoms with van der Waals surface area (Å²) in [4.78, 5) is 14.2. The van der Waals surface area contributed by atoms with Crippen LogP contribution in [0, 0.1) is 6.92 Å². The molecule has 0 spiro atoms. The summed E-state index contributed by atoms with van der Waals surface area (Å²) in [5, 5.41) is 7.07. The molecule has 0 aliphatic carbocycles. The minimum atomic E-state index is -0.153. The summed E-state index contributed by atoms with van der Waals surface area (Å²) in [6, 6.07) is 7.85. The van der Waals surface area contributed by atoms with Gasteiger partial charge in [-0.15, -0.1) is 0 Å². The van der Waals surface area contributed by atoms with Crippen LogP contribution in [-0.2, 0) is 4.79 Å². The van der Waals surface area contributed by atoms with Crippen LogP contribution >= 0.6 is 11.3 Å². The van der Waals surface area contributed by atoms with E-state index in [0.29, 0.717) is 18.0 Å². The van der Waals surface area contributed by atoms with Crippen molar-refractivity contribution in [1.29, 1.82) is 0 Å². The molecule has 24 heavy (non-hydrogen) atoms. The van der Waals surface area contributed by atoms with Gasteiger partial charge in [0.25, 0.3) is 5.91 Å². The Morgan fingerprint density at radius 2 is 2.08 bits per heavy atom. The molecule has 1 amide bonds. The number of nitrogens with one attached hydrogen (secondary N) is 1. The van der Waals surface area contributed by atoms with E-state index in [4.69, 9.17) is 9.47 Å². The minimum Gasteiger partial charge on any atom is -0.493 e. The second-order valence-electron chi connectivity index (χ2n) is 5.78. The highest BCUT2D eigenvalue weighted by atomic mass is 32.1. The van der Waals surface area contributed by atoms with E-state index in [1.54, 1.807) is 18.4 Å². The summed E-state index contributed by atoms with van der Waals surface area (Å²) in [5.74, 6) is 1.05. The third-order valence-electron chi connectivity index (χ3n) is 3.72. The van der Waals surface area contributed by atoms with Gasteiger partial charge >= 0.3 is 0 Å². The van der Waals surface area contributed by atoms with Gasteiger partial charge < -0.3 is 19.7 Å². The van der Waals surface area contributed by atoms with Gasteiger partial charge in [0.15, 0.2) is 18.1 Å². The van der Waals surface area contributed by atoms with Crippen LogP contribution in [-0.4, -0.2) is 45.2 Å². The molecule has 0 fully saturated rings. The van der Waals surface area contributed by atoms with E-state index in [1.165, 1.54) is 5.56 Å². The number of amides is 1. The number of ether oxygens (including phenoxy) is 2. The van der Waals surface area contributed by atoms with Crippen molar-refractivity contribution >= 4 is 17.2 Å². The highest BCUT2D eigenvalue weighted by Crippen LogP contribution is 2.27. The Morgan fingerprint density at radius 1 is 1.29 bits per heavy atom. The summed E-state index contributed by atoms with van der Waals surface area (Å²) in [7, 11) is 5.59. The number of carbonyl (C=O) groups excluding carboxylic acids is 1. The lowest BCUT2D eigenvalue weighted by atomic mass is 10.1. The van der Waals surface area contributed by atoms with Crippen molar-refractivity contribution in [3.05, 3.63) is 46.2 Å². The van der Waals surface area contributed by atoms with Crippen molar-refractivity contribution in [1.82, 2.24) is 10.2 Å². The van der Waals surface area contributed by atoms with Gasteiger partial charge in [-0.3, -0.25) is 4.79 Å². The van der Waals surface area contributed by atoms with Crippen molar-refractivity contribution < 1.29 is 14.3 Å². The maximum absolute atomic E-state index is 12.1. The van der Waals surface area contributed by atoms with Crippen LogP contribution < -0.4 is 14.8 Å². The first-order valence-corrected chi connectivity index (χ1v) is 8.68. The zero-order valence-corrected chi connectivity index (χ0v) is 15.4. The van der Waals surface area contributed by atoms with E-state index >= 15 is 0 Å². The molecule has 0 aliphatic heterocycles. The van der Waals surface area contributed by atoms with Gasteiger partial charge in [0, 0.05) is 6.54 Å². The Labute approximate surface area is 147 Å². The second kappa shape index (κ2) is 8.70. The number of aryl methyl sites for hydroxylation is 1. The minimum absolute atomic E-state index is 0.0385. The second-order valence-corrected chi connectivity index (χ2v) is 6.56. The Morgan fingerprint density at radius 3 is 2.71 bits per heavy atom. The molecule has 2 aromatic rings. The first-order chi connectivity index (χ1) is 11.5. The van der Waals surface area contributed by atoms with Crippen LogP contribution in [0.25, 0.3) is 0 Å². The Balaban J connectivity index is 1.87. The van der Waals surface area contributed by atoms with Gasteiger partial charge in [0.2, 0.25) is 0 Å². The van der Waals surface area contributed by atoms with Crippen LogP contribution in [0.15, 0.2) is 35.0 Å². The van der Waals surface area contributed by atoms with Gasteiger partial charge in [0.1, 0.15) is 0 Å². The molecule has 1 atom stereocenters. The largest absolute Gasteiger partial charge is 0.493 e. The van der Waals surface area contributed by atoms with Crippen molar-refractivity contribution in [2.45, 2.75) is 13.0 Å². The van der Waals surface area contributed by atoms with E-state index in [9.17, 15) is 4.79 Å². The van der Waals surface area contributed by atoms with Crippen LogP contribution in [0.3, 0.4) is 0 Å². The molecule has 1 aromatic carbocycles. The standard InChI is InChI=1S/C18H24N2O3S/c1-13-5-6-16(17(9-13)22-4)23-11-18(21)19-10-15(20(2)3)14-7-8-24-12-14/h5-9,12,15H,10-11H2,1-4H3,(H,19,21). The third kappa shape index (κ3) is 4.97. The van der Waals surface area contributed by atoms with Crippen LogP contribution in [0.2, 0.25) is 0 Å². The number of hydrogen-bond donors (Lipinski definition) is 1. The maximum Gasteiger partial charge on any atom is 0.258 e. The van der Waals surface area contributed by atoms with Crippen LogP contribution in [0.5, 0.6) is 11.5 Å². The lowest BCUT2D eigenvalue weighted by Gasteiger charge is -2.24. The number of benzene rings is 1. The molecule has 130 valence electrons. The number of nitrogens with zero attached hydrogens (tertiary/aromatic N) is 1. The van der Waals surface area contributed by atoms with Crippen LogP contribution in [0.4, 0.5) is 0 Å². The molecule has 6 heteroatoms. The average Bonchev–Trinajstić information content (AvgIpc) is 3.07. The Kier molecular flexibility index (Phi) is 6.63. The van der Waals surface area contributed by atoms with Crippen molar-refractivity contribution in [2.75, 3.05) is 34.4 Å². The number of rotatable bonds is 8. The fourth-order valence-corrected chi connectivity index (χ4v) is 3.07. The third-order valence-corrected chi connectivity index (χ3v) is 4.42. The molecule has 0 bridgehead atoms. The lowest BCUT2D eigenvalue weighted by molar-refractivity contribution is -0.123. The van der Waals surface area contributed by atoms with Gasteiger partial charge in [0.05, 0.1) is 13.2 Å². The predicted octanol–water partition coefficient (Wildman–Crippen LogP) is 2.86. The van der Waals surface area contributed by atoms with Gasteiger partial charge in [-0.1, -0.05) is 6.07 Å². The zero-order valence-electron chi connectivity index (χ0n) is 14.5. The average molecular weight is 348 g/mol. The predicted molar refractivity (Wildman–Crippen MR) is 97.0 cm³/mol. The molecule has 1 heterocycles. The topological polar surface area (TPSA) is 50.8 Å². The van der Waals surface area contributed by atoms with Crippen molar-refractivity contribution in [2.24, 2.45) is 0 Å². The molecular formula is C18H24N2O3S. The molecule has 0 saturated heterocycles. The first-order valence-electron chi connectivity index (χ1n) is 7.74. The van der Waals surface area contributed by atoms with Gasteiger partial charge in [-0.05, 0) is 61.1 Å². The zero-order chi connectivity index (χ0) is 17.5. The molecule has 0 radical (unpaired) electrons. The summed E-state index contributed by atoms with van der Waals surface area (Å²) >= 11 is 1.65. The number of thiophene rings is 1. The molecule has 5 nitrogen and oxygen atoms in total. The SMILES string of the molecule is COc1cc(C)ccc1OCC(=O)NCC(c1ccsc1)N(C)C. The highest BCUT2D eigenvalue weighted by Gasteiger charge is 2.16. The molecule has 0 saturated carbocycles. The fourth-order valence-electron chi connectivity index (χ4n) is 2.36. The van der Waals surface area contributed by atoms with E-state index in [-0.39, 0.29) is 18.6 Å². The molecular weight excluding hydrogens is 324 g/mol. The van der Waals surface area contributed by atoms with E-state index in [2.05, 4.69) is 21.7 Å². The molecule has 1 N–H and O–H groups in total. The van der Waals surface area contributed by atoms with Crippen molar-refractivity contribution in [3.8, 4) is 11.5 Å². The fraction of sp³-hybridized carbons (Fsp3) is 0.389. The highest BCUT2D eigenvalue weighted by molar-refractivity contribution is 7.07. The molecule has 1 unspecified atom stereocenters. The quantitative estimate of drug-likeness (QED) is 0.797. The number of likely N-dealkylation sites (N-methyl/N-ethyl adjacent to an activating group) is 1. The summed E-state index contributed by atoms with van der Waals surface area (Å²) in [6.07, 6.45) is 0. The summed E-state index contributed by atoms with van der Waals surface area (Å²) < 4.78 is 10.9. The smallest absolute Gasteiger partial charge is 0.258 e. The van der Waals surface area contributed by atoms with Gasteiger partial charge in [-0.2, -0.15) is 11.3 Å². The molecule has 2 rings (SSSR count). The summed E-state index contributed by atoms with van der Waals surface area (Å²) in [6.45, 7) is 2.48. The lowest BCUT2D eigenvalue weighted by Crippen LogP contribution is -2.36. The number of carbonyl (C=O) groups is 1. The van der Waals surface area contributed by atoms with Crippen LogP contribution in [0.1, 0.15) is 17.2 Å². The molecule has 1 aromatic heterocycles. The first kappa shape index (κ1) is 18.3. The number of methoxy groups -OCH3 is 1. The Bertz CT molecular complexity index is 656. The normalized spacial score (nSPS) is 12.0. The monoisotopic (exact) mass is 348 g/mol. The summed E-state index contributed by atoms with van der Waals surface area (Å²) in [5.41, 5.74) is 2.28. The van der Waals surface area contributed by atoms with E-state index < -0.39 is 0 Å². The van der Waals surface area contributed by atoms with E-state index in [1.807, 2.05) is 44.6 Å². The van der Waals surface area contributed by atoms with Gasteiger partial charge in [-0.25, -0.2) is 0 Å².